The van der Waals surface area contributed by atoms with Gasteiger partial charge < -0.3 is 14.6 Å². The second-order valence-corrected chi connectivity index (χ2v) is 5.37. The quantitative estimate of drug-likeness (QED) is 0.873. The number of carboxylic acid groups (broad SMARTS) is 1. The third kappa shape index (κ3) is 3.88. The van der Waals surface area contributed by atoms with Gasteiger partial charge in [0.15, 0.2) is 11.5 Å². The Morgan fingerprint density at radius 1 is 1.33 bits per heavy atom. The van der Waals surface area contributed by atoms with E-state index in [2.05, 4.69) is 4.90 Å². The highest BCUT2D eigenvalue weighted by atomic mass is 16.5. The summed E-state index contributed by atoms with van der Waals surface area (Å²) >= 11 is 0. The molecule has 0 amide bonds. The van der Waals surface area contributed by atoms with Crippen LogP contribution in [0.25, 0.3) is 0 Å². The van der Waals surface area contributed by atoms with Gasteiger partial charge in [-0.05, 0) is 25.5 Å². The molecule has 5 heteroatoms. The fourth-order valence-corrected chi connectivity index (χ4v) is 3.00. The molecule has 1 heterocycles. The van der Waals surface area contributed by atoms with Crippen molar-refractivity contribution in [2.45, 2.75) is 38.3 Å². The maximum atomic E-state index is 11.0. The maximum Gasteiger partial charge on any atom is 0.304 e. The van der Waals surface area contributed by atoms with Crippen LogP contribution in [0, 0.1) is 0 Å². The fourth-order valence-electron chi connectivity index (χ4n) is 3.00. The molecule has 1 aliphatic rings. The van der Waals surface area contributed by atoms with Crippen molar-refractivity contribution in [2.24, 2.45) is 0 Å². The Hall–Kier alpha value is -1.75. The van der Waals surface area contributed by atoms with Crippen molar-refractivity contribution in [1.29, 1.82) is 0 Å². The van der Waals surface area contributed by atoms with Gasteiger partial charge in [-0.1, -0.05) is 18.6 Å². The van der Waals surface area contributed by atoms with Gasteiger partial charge in [0.1, 0.15) is 0 Å². The number of benzene rings is 1. The van der Waals surface area contributed by atoms with Gasteiger partial charge in [-0.15, -0.1) is 0 Å². The molecule has 0 aromatic heterocycles. The number of carbonyl (C=O) groups is 1. The van der Waals surface area contributed by atoms with Crippen molar-refractivity contribution in [1.82, 2.24) is 4.90 Å². The monoisotopic (exact) mass is 293 g/mol. The van der Waals surface area contributed by atoms with Gasteiger partial charge in [0, 0.05) is 18.2 Å². The van der Waals surface area contributed by atoms with E-state index in [0.717, 1.165) is 37.1 Å². The highest BCUT2D eigenvalue weighted by Gasteiger charge is 2.25. The molecule has 1 N–H and O–H groups in total. The zero-order valence-corrected chi connectivity index (χ0v) is 12.7. The Kier molecular flexibility index (Phi) is 5.44. The first-order valence-electron chi connectivity index (χ1n) is 7.31. The normalized spacial score (nSPS) is 19.2. The first kappa shape index (κ1) is 15.6. The van der Waals surface area contributed by atoms with Crippen LogP contribution in [-0.4, -0.2) is 42.8 Å². The maximum absolute atomic E-state index is 11.0. The van der Waals surface area contributed by atoms with Crippen molar-refractivity contribution in [3.63, 3.8) is 0 Å². The summed E-state index contributed by atoms with van der Waals surface area (Å²) in [7, 11) is 3.25. The van der Waals surface area contributed by atoms with Crippen LogP contribution < -0.4 is 9.47 Å². The minimum absolute atomic E-state index is 0.104. The molecular weight excluding hydrogens is 270 g/mol. The predicted molar refractivity (Wildman–Crippen MR) is 79.8 cm³/mol. The molecule has 21 heavy (non-hydrogen) atoms. The molecule has 0 spiro atoms. The molecule has 1 unspecified atom stereocenters. The van der Waals surface area contributed by atoms with E-state index in [9.17, 15) is 4.79 Å². The summed E-state index contributed by atoms with van der Waals surface area (Å²) in [5.41, 5.74) is 1.04. The molecule has 2 rings (SSSR count). The Morgan fingerprint density at radius 2 is 2.14 bits per heavy atom. The van der Waals surface area contributed by atoms with E-state index < -0.39 is 5.97 Å². The number of ether oxygens (including phenoxy) is 2. The van der Waals surface area contributed by atoms with Crippen LogP contribution >= 0.6 is 0 Å². The number of methoxy groups -OCH3 is 2. The van der Waals surface area contributed by atoms with E-state index in [-0.39, 0.29) is 12.5 Å². The lowest BCUT2D eigenvalue weighted by Gasteiger charge is -2.35. The number of piperidine rings is 1. The van der Waals surface area contributed by atoms with Crippen LogP contribution in [0.4, 0.5) is 0 Å². The van der Waals surface area contributed by atoms with Crippen LogP contribution in [0.3, 0.4) is 0 Å². The lowest BCUT2D eigenvalue weighted by atomic mass is 9.98. The van der Waals surface area contributed by atoms with Gasteiger partial charge >= 0.3 is 5.97 Å². The molecule has 1 atom stereocenters. The van der Waals surface area contributed by atoms with E-state index in [4.69, 9.17) is 14.6 Å². The zero-order chi connectivity index (χ0) is 15.2. The molecule has 1 saturated heterocycles. The van der Waals surface area contributed by atoms with Gasteiger partial charge in [-0.25, -0.2) is 0 Å². The minimum atomic E-state index is -0.732. The number of aliphatic carboxylic acids is 1. The predicted octanol–water partition coefficient (Wildman–Crippen LogP) is 2.53. The van der Waals surface area contributed by atoms with Crippen LogP contribution in [0.1, 0.15) is 31.2 Å². The number of hydrogen-bond acceptors (Lipinski definition) is 4. The fraction of sp³-hybridized carbons (Fsp3) is 0.562. The molecule has 0 radical (unpaired) electrons. The summed E-state index contributed by atoms with van der Waals surface area (Å²) in [6, 6.07) is 5.92. The van der Waals surface area contributed by atoms with Crippen LogP contribution in [0.2, 0.25) is 0 Å². The largest absolute Gasteiger partial charge is 0.493 e. The summed E-state index contributed by atoms with van der Waals surface area (Å²) in [5.74, 6) is 0.714. The summed E-state index contributed by atoms with van der Waals surface area (Å²) in [5, 5.41) is 9.06. The zero-order valence-electron chi connectivity index (χ0n) is 12.7. The molecule has 116 valence electrons. The average molecular weight is 293 g/mol. The Labute approximate surface area is 125 Å². The average Bonchev–Trinajstić information content (AvgIpc) is 2.48. The van der Waals surface area contributed by atoms with Crippen molar-refractivity contribution in [2.75, 3.05) is 20.8 Å². The number of para-hydroxylation sites is 1. The van der Waals surface area contributed by atoms with Gasteiger partial charge in [0.2, 0.25) is 0 Å². The highest BCUT2D eigenvalue weighted by Crippen LogP contribution is 2.33. The number of likely N-dealkylation sites (tertiary alicyclic amines) is 1. The smallest absolute Gasteiger partial charge is 0.304 e. The Morgan fingerprint density at radius 3 is 2.81 bits per heavy atom. The van der Waals surface area contributed by atoms with Gasteiger partial charge in [0.25, 0.3) is 0 Å². The SMILES string of the molecule is COc1cccc(CN2CCCCC2CC(=O)O)c1OC. The van der Waals surface area contributed by atoms with Crippen molar-refractivity contribution >= 4 is 5.97 Å². The van der Waals surface area contributed by atoms with Crippen LogP contribution in [0.5, 0.6) is 11.5 Å². The molecule has 1 aliphatic heterocycles. The number of carboxylic acids is 1. The summed E-state index contributed by atoms with van der Waals surface area (Å²) in [4.78, 5) is 13.3. The number of nitrogens with zero attached hydrogens (tertiary/aromatic N) is 1. The summed E-state index contributed by atoms with van der Waals surface area (Å²) in [6.07, 6.45) is 3.36. The second-order valence-electron chi connectivity index (χ2n) is 5.37. The third-order valence-corrected chi connectivity index (χ3v) is 4.02. The molecular formula is C16H23NO4. The van der Waals surface area contributed by atoms with Gasteiger partial charge in [0.05, 0.1) is 20.6 Å². The molecule has 0 bridgehead atoms. The molecule has 1 fully saturated rings. The molecule has 0 aliphatic carbocycles. The first-order valence-corrected chi connectivity index (χ1v) is 7.31. The first-order chi connectivity index (χ1) is 10.2. The van der Waals surface area contributed by atoms with E-state index in [1.54, 1.807) is 14.2 Å². The molecule has 0 saturated carbocycles. The highest BCUT2D eigenvalue weighted by molar-refractivity contribution is 5.67. The third-order valence-electron chi connectivity index (χ3n) is 4.02. The number of rotatable bonds is 6. The molecule has 1 aromatic carbocycles. The van der Waals surface area contributed by atoms with Crippen LogP contribution in [0.15, 0.2) is 18.2 Å². The van der Waals surface area contributed by atoms with E-state index in [1.165, 1.54) is 0 Å². The Bertz CT molecular complexity index is 489. The second kappa shape index (κ2) is 7.31. The lowest BCUT2D eigenvalue weighted by molar-refractivity contribution is -0.138. The van der Waals surface area contributed by atoms with Crippen molar-refractivity contribution in [3.05, 3.63) is 23.8 Å². The topological polar surface area (TPSA) is 59.0 Å². The minimum Gasteiger partial charge on any atom is -0.493 e. The van der Waals surface area contributed by atoms with Gasteiger partial charge in [-0.2, -0.15) is 0 Å². The summed E-state index contributed by atoms with van der Waals surface area (Å²) in [6.45, 7) is 1.62. The van der Waals surface area contributed by atoms with E-state index in [1.807, 2.05) is 18.2 Å². The van der Waals surface area contributed by atoms with Crippen molar-refractivity contribution in [3.8, 4) is 11.5 Å². The van der Waals surface area contributed by atoms with Gasteiger partial charge in [-0.3, -0.25) is 9.69 Å². The lowest BCUT2D eigenvalue weighted by Crippen LogP contribution is -2.40. The van der Waals surface area contributed by atoms with E-state index >= 15 is 0 Å². The van der Waals surface area contributed by atoms with Crippen LogP contribution in [-0.2, 0) is 11.3 Å². The summed E-state index contributed by atoms with van der Waals surface area (Å²) < 4.78 is 10.8. The van der Waals surface area contributed by atoms with Crippen molar-refractivity contribution < 1.29 is 19.4 Å². The molecule has 1 aromatic rings. The Balaban J connectivity index is 2.17. The standard InChI is InChI=1S/C16H23NO4/c1-20-14-8-5-6-12(16(14)21-2)11-17-9-4-3-7-13(17)10-15(18)19/h5-6,8,13H,3-4,7,9-11H2,1-2H3,(H,18,19). The van der Waals surface area contributed by atoms with E-state index in [0.29, 0.717) is 12.3 Å². The number of hydrogen-bond donors (Lipinski definition) is 1. The molecule has 5 nitrogen and oxygen atoms in total.